The largest absolute Gasteiger partial charge is 0.270 e. The van der Waals surface area contributed by atoms with Crippen LogP contribution < -0.4 is 5.48 Å². The molecular formula is C14H16BrNO2. The van der Waals surface area contributed by atoms with Gasteiger partial charge >= 0.3 is 0 Å². The summed E-state index contributed by atoms with van der Waals surface area (Å²) in [5.41, 5.74) is 3.45. The van der Waals surface area contributed by atoms with Crippen LogP contribution in [0.25, 0.3) is 6.08 Å². The fourth-order valence-corrected chi connectivity index (χ4v) is 2.19. The van der Waals surface area contributed by atoms with Crippen molar-refractivity contribution in [1.82, 2.24) is 5.48 Å². The SMILES string of the molecule is O=C(/C=C/c1ccc(Br)cc1)NOC1CCCC1. The third-order valence-corrected chi connectivity index (χ3v) is 3.45. The van der Waals surface area contributed by atoms with Gasteiger partial charge in [0.1, 0.15) is 0 Å². The second kappa shape index (κ2) is 6.71. The summed E-state index contributed by atoms with van der Waals surface area (Å²) in [7, 11) is 0. The Morgan fingerprint density at radius 3 is 2.61 bits per heavy atom. The van der Waals surface area contributed by atoms with Gasteiger partial charge in [0.2, 0.25) is 0 Å². The van der Waals surface area contributed by atoms with Gasteiger partial charge in [0, 0.05) is 10.5 Å². The molecule has 0 aliphatic heterocycles. The molecule has 96 valence electrons. The van der Waals surface area contributed by atoms with Gasteiger partial charge in [0.25, 0.3) is 5.91 Å². The molecule has 1 aromatic carbocycles. The molecule has 0 bridgehead atoms. The van der Waals surface area contributed by atoms with Crippen molar-refractivity contribution in [1.29, 1.82) is 0 Å². The summed E-state index contributed by atoms with van der Waals surface area (Å²) in [6.07, 6.45) is 7.89. The molecule has 1 N–H and O–H groups in total. The van der Waals surface area contributed by atoms with Gasteiger partial charge in [0.15, 0.2) is 0 Å². The Kier molecular flexibility index (Phi) is 4.96. The Balaban J connectivity index is 1.77. The van der Waals surface area contributed by atoms with Gasteiger partial charge in [-0.25, -0.2) is 5.48 Å². The minimum atomic E-state index is -0.218. The predicted octanol–water partition coefficient (Wildman–Crippen LogP) is 3.45. The third-order valence-electron chi connectivity index (χ3n) is 2.93. The van der Waals surface area contributed by atoms with Gasteiger partial charge < -0.3 is 0 Å². The van der Waals surface area contributed by atoms with Gasteiger partial charge in [-0.3, -0.25) is 9.63 Å². The Labute approximate surface area is 115 Å². The van der Waals surface area contributed by atoms with E-state index in [-0.39, 0.29) is 12.0 Å². The van der Waals surface area contributed by atoms with Crippen molar-refractivity contribution in [3.05, 3.63) is 40.4 Å². The molecule has 0 spiro atoms. The van der Waals surface area contributed by atoms with E-state index in [9.17, 15) is 4.79 Å². The summed E-state index contributed by atoms with van der Waals surface area (Å²) in [5.74, 6) is -0.218. The number of carbonyl (C=O) groups excluding carboxylic acids is 1. The number of hydrogen-bond donors (Lipinski definition) is 1. The molecule has 1 aliphatic carbocycles. The zero-order valence-corrected chi connectivity index (χ0v) is 11.7. The lowest BCUT2D eigenvalue weighted by Crippen LogP contribution is -2.26. The van der Waals surface area contributed by atoms with Gasteiger partial charge in [-0.2, -0.15) is 0 Å². The van der Waals surface area contributed by atoms with Crippen LogP contribution in [0.15, 0.2) is 34.8 Å². The van der Waals surface area contributed by atoms with Crippen LogP contribution >= 0.6 is 15.9 Å². The highest BCUT2D eigenvalue weighted by atomic mass is 79.9. The summed E-state index contributed by atoms with van der Waals surface area (Å²) >= 11 is 3.36. The Hall–Kier alpha value is -1.13. The normalized spacial score (nSPS) is 16.3. The molecule has 1 fully saturated rings. The van der Waals surface area contributed by atoms with E-state index in [0.29, 0.717) is 0 Å². The zero-order valence-electron chi connectivity index (χ0n) is 10.1. The van der Waals surface area contributed by atoms with Crippen LogP contribution in [-0.4, -0.2) is 12.0 Å². The van der Waals surface area contributed by atoms with Crippen molar-refractivity contribution < 1.29 is 9.63 Å². The van der Waals surface area contributed by atoms with Crippen LogP contribution in [0.1, 0.15) is 31.2 Å². The van der Waals surface area contributed by atoms with Crippen LogP contribution in [-0.2, 0) is 9.63 Å². The van der Waals surface area contributed by atoms with Crippen molar-refractivity contribution >= 4 is 27.9 Å². The second-order valence-corrected chi connectivity index (χ2v) is 5.29. The highest BCUT2D eigenvalue weighted by molar-refractivity contribution is 9.10. The van der Waals surface area contributed by atoms with Gasteiger partial charge in [-0.15, -0.1) is 0 Å². The highest BCUT2D eigenvalue weighted by Crippen LogP contribution is 2.19. The van der Waals surface area contributed by atoms with Crippen molar-refractivity contribution in [2.24, 2.45) is 0 Å². The van der Waals surface area contributed by atoms with E-state index < -0.39 is 0 Å². The first-order valence-corrected chi connectivity index (χ1v) is 6.92. The van der Waals surface area contributed by atoms with E-state index in [4.69, 9.17) is 4.84 Å². The summed E-state index contributed by atoms with van der Waals surface area (Å²) in [6.45, 7) is 0. The fraction of sp³-hybridized carbons (Fsp3) is 0.357. The number of halogens is 1. The molecule has 0 heterocycles. The molecule has 0 saturated heterocycles. The lowest BCUT2D eigenvalue weighted by atomic mass is 10.2. The number of nitrogens with one attached hydrogen (secondary N) is 1. The quantitative estimate of drug-likeness (QED) is 0.683. The number of carbonyl (C=O) groups is 1. The molecule has 4 heteroatoms. The Bertz CT molecular complexity index is 422. The van der Waals surface area contributed by atoms with E-state index >= 15 is 0 Å². The number of benzene rings is 1. The van der Waals surface area contributed by atoms with Crippen LogP contribution in [0.4, 0.5) is 0 Å². The Morgan fingerprint density at radius 1 is 1.28 bits per heavy atom. The highest BCUT2D eigenvalue weighted by Gasteiger charge is 2.16. The molecular weight excluding hydrogens is 294 g/mol. The maximum absolute atomic E-state index is 11.5. The van der Waals surface area contributed by atoms with Gasteiger partial charge in [-0.05, 0) is 36.6 Å². The number of amides is 1. The van der Waals surface area contributed by atoms with E-state index in [1.807, 2.05) is 24.3 Å². The summed E-state index contributed by atoms with van der Waals surface area (Å²) < 4.78 is 1.02. The smallest absolute Gasteiger partial charge is 0.267 e. The minimum Gasteiger partial charge on any atom is -0.270 e. The maximum atomic E-state index is 11.5. The fourth-order valence-electron chi connectivity index (χ4n) is 1.93. The molecule has 0 unspecified atom stereocenters. The predicted molar refractivity (Wildman–Crippen MR) is 74.7 cm³/mol. The molecule has 3 nitrogen and oxygen atoms in total. The van der Waals surface area contributed by atoms with Crippen molar-refractivity contribution in [3.8, 4) is 0 Å². The molecule has 0 atom stereocenters. The van der Waals surface area contributed by atoms with Crippen molar-refractivity contribution in [2.75, 3.05) is 0 Å². The zero-order chi connectivity index (χ0) is 12.8. The topological polar surface area (TPSA) is 38.3 Å². The third kappa shape index (κ3) is 4.27. The lowest BCUT2D eigenvalue weighted by molar-refractivity contribution is -0.132. The van der Waals surface area contributed by atoms with Crippen LogP contribution in [0.3, 0.4) is 0 Å². The monoisotopic (exact) mass is 309 g/mol. The number of hydrogen-bond acceptors (Lipinski definition) is 2. The number of rotatable bonds is 4. The first kappa shape index (κ1) is 13.3. The van der Waals surface area contributed by atoms with Crippen LogP contribution in [0.2, 0.25) is 0 Å². The molecule has 0 radical (unpaired) electrons. The van der Waals surface area contributed by atoms with Crippen molar-refractivity contribution in [3.63, 3.8) is 0 Å². The molecule has 1 aliphatic rings. The maximum Gasteiger partial charge on any atom is 0.267 e. The van der Waals surface area contributed by atoms with E-state index in [1.165, 1.54) is 18.9 Å². The average molecular weight is 310 g/mol. The molecule has 18 heavy (non-hydrogen) atoms. The summed E-state index contributed by atoms with van der Waals surface area (Å²) in [5, 5.41) is 0. The van der Waals surface area contributed by atoms with E-state index in [1.54, 1.807) is 6.08 Å². The van der Waals surface area contributed by atoms with E-state index in [0.717, 1.165) is 22.9 Å². The molecule has 1 amide bonds. The average Bonchev–Trinajstić information content (AvgIpc) is 2.89. The second-order valence-electron chi connectivity index (χ2n) is 4.38. The molecule has 1 saturated carbocycles. The van der Waals surface area contributed by atoms with Gasteiger partial charge in [-0.1, -0.05) is 40.9 Å². The molecule has 2 rings (SSSR count). The standard InChI is InChI=1S/C14H16BrNO2/c15-12-8-5-11(6-9-12)7-10-14(17)16-18-13-3-1-2-4-13/h5-10,13H,1-4H2,(H,16,17)/b10-7+. The first-order valence-electron chi connectivity index (χ1n) is 6.13. The summed E-state index contributed by atoms with van der Waals surface area (Å²) in [4.78, 5) is 16.8. The summed E-state index contributed by atoms with van der Waals surface area (Å²) in [6, 6.07) is 7.75. The van der Waals surface area contributed by atoms with Crippen molar-refractivity contribution in [2.45, 2.75) is 31.8 Å². The first-order chi connectivity index (χ1) is 8.74. The lowest BCUT2D eigenvalue weighted by Gasteiger charge is -2.09. The number of hydroxylamine groups is 1. The molecule has 1 aromatic rings. The van der Waals surface area contributed by atoms with E-state index in [2.05, 4.69) is 21.4 Å². The van der Waals surface area contributed by atoms with Crippen LogP contribution in [0, 0.1) is 0 Å². The van der Waals surface area contributed by atoms with Crippen LogP contribution in [0.5, 0.6) is 0 Å². The van der Waals surface area contributed by atoms with Gasteiger partial charge in [0.05, 0.1) is 6.10 Å². The Morgan fingerprint density at radius 2 is 1.94 bits per heavy atom. The minimum absolute atomic E-state index is 0.190. The molecule has 0 aromatic heterocycles.